The molecule has 2 rings (SSSR count). The maximum atomic E-state index is 12.3. The van der Waals surface area contributed by atoms with Crippen molar-refractivity contribution >= 4 is 23.2 Å². The number of benzene rings is 1. The van der Waals surface area contributed by atoms with E-state index in [4.69, 9.17) is 16.3 Å². The predicted octanol–water partition coefficient (Wildman–Crippen LogP) is 1.56. The molecule has 6 heteroatoms. The van der Waals surface area contributed by atoms with E-state index in [9.17, 15) is 9.90 Å². The van der Waals surface area contributed by atoms with E-state index in [0.717, 1.165) is 17.7 Å². The highest BCUT2D eigenvalue weighted by Gasteiger charge is 2.30. The molecule has 0 saturated carbocycles. The first-order valence-corrected chi connectivity index (χ1v) is 7.56. The lowest BCUT2D eigenvalue weighted by Crippen LogP contribution is -2.54. The van der Waals surface area contributed by atoms with Gasteiger partial charge in [-0.25, -0.2) is 0 Å². The number of aliphatic hydroxyl groups excluding tert-OH is 1. The minimum absolute atomic E-state index is 0.0552. The number of hydrogen-bond donors (Lipinski definition) is 2. The Bertz CT molecular complexity index is 496. The number of carbonyl (C=O) groups is 1. The topological polar surface area (TPSA) is 61.8 Å². The van der Waals surface area contributed by atoms with Gasteiger partial charge in [-0.15, -0.1) is 0 Å². The molecule has 1 fully saturated rings. The summed E-state index contributed by atoms with van der Waals surface area (Å²) in [6.45, 7) is 4.05. The molecule has 5 nitrogen and oxygen atoms in total. The number of rotatable bonds is 5. The van der Waals surface area contributed by atoms with E-state index >= 15 is 0 Å². The van der Waals surface area contributed by atoms with Crippen molar-refractivity contribution in [3.8, 4) is 0 Å². The molecule has 1 atom stereocenters. The van der Waals surface area contributed by atoms with Crippen LogP contribution in [0.5, 0.6) is 0 Å². The van der Waals surface area contributed by atoms with Gasteiger partial charge in [0.25, 0.3) is 0 Å². The van der Waals surface area contributed by atoms with E-state index in [0.29, 0.717) is 31.3 Å². The second-order valence-electron chi connectivity index (χ2n) is 5.01. The zero-order valence-corrected chi connectivity index (χ0v) is 12.9. The van der Waals surface area contributed by atoms with E-state index in [1.54, 1.807) is 18.2 Å². The second kappa shape index (κ2) is 7.64. The number of hydrogen-bond acceptors (Lipinski definition) is 4. The molecule has 0 radical (unpaired) electrons. The van der Waals surface area contributed by atoms with Crippen molar-refractivity contribution in [2.24, 2.45) is 0 Å². The number of ether oxygens (including phenoxy) is 1. The number of anilines is 1. The van der Waals surface area contributed by atoms with Crippen molar-refractivity contribution < 1.29 is 14.6 Å². The molecule has 0 aliphatic carbocycles. The lowest BCUT2D eigenvalue weighted by Gasteiger charge is -2.37. The molecule has 1 aromatic carbocycles. The lowest BCUT2D eigenvalue weighted by molar-refractivity contribution is -0.124. The van der Waals surface area contributed by atoms with Crippen LogP contribution in [0.4, 0.5) is 5.69 Å². The highest BCUT2D eigenvalue weighted by molar-refractivity contribution is 6.30. The molecule has 116 valence electrons. The van der Waals surface area contributed by atoms with Crippen LogP contribution in [0.25, 0.3) is 0 Å². The fourth-order valence-electron chi connectivity index (χ4n) is 2.41. The Hall–Kier alpha value is -1.30. The first-order valence-electron chi connectivity index (χ1n) is 7.18. The average Bonchev–Trinajstić information content (AvgIpc) is 2.52. The van der Waals surface area contributed by atoms with Crippen LogP contribution >= 0.6 is 11.6 Å². The minimum atomic E-state index is -0.394. The number of halogens is 1. The van der Waals surface area contributed by atoms with Gasteiger partial charge in [-0.2, -0.15) is 0 Å². The molecule has 0 aromatic heterocycles. The fourth-order valence-corrected chi connectivity index (χ4v) is 2.58. The van der Waals surface area contributed by atoms with Gasteiger partial charge in [0.05, 0.1) is 19.8 Å². The largest absolute Gasteiger partial charge is 0.392 e. The van der Waals surface area contributed by atoms with Crippen LogP contribution in [-0.2, 0) is 16.1 Å². The number of nitrogens with one attached hydrogen (secondary N) is 1. The van der Waals surface area contributed by atoms with E-state index < -0.39 is 6.04 Å². The van der Waals surface area contributed by atoms with Gasteiger partial charge in [0.15, 0.2) is 0 Å². The molecule has 1 unspecified atom stereocenters. The van der Waals surface area contributed by atoms with Crippen LogP contribution < -0.4 is 10.2 Å². The third-order valence-corrected chi connectivity index (χ3v) is 3.74. The van der Waals surface area contributed by atoms with Crippen LogP contribution in [0.15, 0.2) is 18.2 Å². The Morgan fingerprint density at radius 2 is 2.38 bits per heavy atom. The standard InChI is InChI=1S/C15H21ClN2O3/c1-2-5-17-15(20)14-10-21-7-6-18(14)13-8-12(16)4-3-11(13)9-19/h3-4,8,14,19H,2,5-7,9-10H2,1H3,(H,17,20). The number of carbonyl (C=O) groups excluding carboxylic acids is 1. The van der Waals surface area contributed by atoms with Gasteiger partial charge in [0.2, 0.25) is 5.91 Å². The van der Waals surface area contributed by atoms with Crippen LogP contribution in [0, 0.1) is 0 Å². The average molecular weight is 313 g/mol. The zero-order valence-electron chi connectivity index (χ0n) is 12.1. The molecule has 0 spiro atoms. The smallest absolute Gasteiger partial charge is 0.245 e. The summed E-state index contributed by atoms with van der Waals surface area (Å²) in [5.41, 5.74) is 1.56. The molecular formula is C15H21ClN2O3. The third kappa shape index (κ3) is 3.87. The third-order valence-electron chi connectivity index (χ3n) is 3.51. The summed E-state index contributed by atoms with van der Waals surface area (Å²) in [4.78, 5) is 14.3. The Morgan fingerprint density at radius 1 is 1.57 bits per heavy atom. The lowest BCUT2D eigenvalue weighted by atomic mass is 10.1. The summed E-state index contributed by atoms with van der Waals surface area (Å²) >= 11 is 6.06. The minimum Gasteiger partial charge on any atom is -0.392 e. The maximum Gasteiger partial charge on any atom is 0.245 e. The van der Waals surface area contributed by atoms with Gasteiger partial charge in [-0.3, -0.25) is 4.79 Å². The molecular weight excluding hydrogens is 292 g/mol. The maximum absolute atomic E-state index is 12.3. The summed E-state index contributed by atoms with van der Waals surface area (Å²) in [5, 5.41) is 13.0. The van der Waals surface area contributed by atoms with Gasteiger partial charge in [-0.1, -0.05) is 24.6 Å². The second-order valence-corrected chi connectivity index (χ2v) is 5.44. The van der Waals surface area contributed by atoms with Crippen LogP contribution in [0.3, 0.4) is 0 Å². The van der Waals surface area contributed by atoms with Crippen LogP contribution in [0.1, 0.15) is 18.9 Å². The highest BCUT2D eigenvalue weighted by atomic mass is 35.5. The molecule has 1 amide bonds. The van der Waals surface area contributed by atoms with Crippen molar-refractivity contribution in [3.63, 3.8) is 0 Å². The number of aliphatic hydroxyl groups is 1. The summed E-state index contributed by atoms with van der Waals surface area (Å²) < 4.78 is 5.44. The molecule has 1 aliphatic rings. The van der Waals surface area contributed by atoms with Crippen molar-refractivity contribution in [1.82, 2.24) is 5.32 Å². The van der Waals surface area contributed by atoms with Crippen molar-refractivity contribution in [2.75, 3.05) is 31.2 Å². The van der Waals surface area contributed by atoms with E-state index in [1.165, 1.54) is 0 Å². The SMILES string of the molecule is CCCNC(=O)C1COCCN1c1cc(Cl)ccc1CO. The normalized spacial score (nSPS) is 18.6. The molecule has 1 aliphatic heterocycles. The van der Waals surface area contributed by atoms with Crippen LogP contribution in [0.2, 0.25) is 5.02 Å². The number of morpholine rings is 1. The quantitative estimate of drug-likeness (QED) is 0.866. The number of nitrogens with zero attached hydrogens (tertiary/aromatic N) is 1. The van der Waals surface area contributed by atoms with Gasteiger partial charge in [-0.05, 0) is 18.6 Å². The summed E-state index contributed by atoms with van der Waals surface area (Å²) in [5.74, 6) is -0.0552. The van der Waals surface area contributed by atoms with E-state index in [-0.39, 0.29) is 12.5 Å². The van der Waals surface area contributed by atoms with E-state index in [2.05, 4.69) is 5.32 Å². The van der Waals surface area contributed by atoms with Gasteiger partial charge >= 0.3 is 0 Å². The van der Waals surface area contributed by atoms with Gasteiger partial charge < -0.3 is 20.1 Å². The molecule has 0 bridgehead atoms. The monoisotopic (exact) mass is 312 g/mol. The molecule has 21 heavy (non-hydrogen) atoms. The summed E-state index contributed by atoms with van der Waals surface area (Å²) in [6.07, 6.45) is 0.887. The fraction of sp³-hybridized carbons (Fsp3) is 0.533. The first-order chi connectivity index (χ1) is 10.2. The van der Waals surface area contributed by atoms with E-state index in [1.807, 2.05) is 11.8 Å². The molecule has 1 heterocycles. The predicted molar refractivity (Wildman–Crippen MR) is 82.6 cm³/mol. The van der Waals surface area contributed by atoms with Crippen molar-refractivity contribution in [3.05, 3.63) is 28.8 Å². The highest BCUT2D eigenvalue weighted by Crippen LogP contribution is 2.28. The first kappa shape index (κ1) is 16.1. The van der Waals surface area contributed by atoms with Gasteiger partial charge in [0.1, 0.15) is 6.04 Å². The Labute approximate surface area is 129 Å². The molecule has 1 saturated heterocycles. The van der Waals surface area contributed by atoms with Gasteiger partial charge in [0, 0.05) is 29.4 Å². The van der Waals surface area contributed by atoms with Crippen molar-refractivity contribution in [2.45, 2.75) is 26.0 Å². The Kier molecular flexibility index (Phi) is 5.85. The molecule has 1 aromatic rings. The van der Waals surface area contributed by atoms with Crippen molar-refractivity contribution in [1.29, 1.82) is 0 Å². The zero-order chi connectivity index (χ0) is 15.2. The Morgan fingerprint density at radius 3 is 3.10 bits per heavy atom. The Balaban J connectivity index is 2.26. The summed E-state index contributed by atoms with van der Waals surface area (Å²) in [6, 6.07) is 4.92. The summed E-state index contributed by atoms with van der Waals surface area (Å²) in [7, 11) is 0. The van der Waals surface area contributed by atoms with Crippen LogP contribution in [-0.4, -0.2) is 43.4 Å². The molecule has 2 N–H and O–H groups in total. The number of amides is 1.